The molecule has 38 heavy (non-hydrogen) atoms. The number of hydrogen-bond acceptors (Lipinski definition) is 10. The van der Waals surface area contributed by atoms with Crippen LogP contribution >= 0.6 is 7.44 Å². The summed E-state index contributed by atoms with van der Waals surface area (Å²) < 4.78 is 31.2. The van der Waals surface area contributed by atoms with Gasteiger partial charge in [0.15, 0.2) is 6.23 Å². The van der Waals surface area contributed by atoms with Gasteiger partial charge in [0.2, 0.25) is 7.44 Å². The first-order valence-corrected chi connectivity index (χ1v) is 14.6. The van der Waals surface area contributed by atoms with Crippen LogP contribution in [-0.4, -0.2) is 64.1 Å². The Balaban J connectivity index is 2.17. The second kappa shape index (κ2) is 15.1. The number of esters is 2. The second-order valence-electron chi connectivity index (χ2n) is 9.15. The van der Waals surface area contributed by atoms with Crippen LogP contribution in [0.2, 0.25) is 0 Å². The van der Waals surface area contributed by atoms with E-state index in [4.69, 9.17) is 19.9 Å². The highest BCUT2D eigenvalue weighted by molar-refractivity contribution is 7.63. The van der Waals surface area contributed by atoms with Crippen molar-refractivity contribution in [2.45, 2.75) is 90.3 Å². The van der Waals surface area contributed by atoms with Crippen LogP contribution in [0.15, 0.2) is 29.0 Å². The molecule has 0 spiro atoms. The number of anilines is 1. The number of aliphatic hydroxyl groups is 1. The summed E-state index contributed by atoms with van der Waals surface area (Å²) in [5.74, 6) is 0.144. The lowest BCUT2D eigenvalue weighted by Crippen LogP contribution is -2.41. The van der Waals surface area contributed by atoms with E-state index in [0.29, 0.717) is 12.8 Å². The third kappa shape index (κ3) is 9.63. The Morgan fingerprint density at radius 2 is 1.76 bits per heavy atom. The van der Waals surface area contributed by atoms with Crippen molar-refractivity contribution in [2.75, 3.05) is 18.9 Å². The molecule has 5 atom stereocenters. The van der Waals surface area contributed by atoms with Gasteiger partial charge in [-0.2, -0.15) is 4.98 Å². The van der Waals surface area contributed by atoms with Crippen LogP contribution < -0.4 is 21.6 Å². The minimum atomic E-state index is -3.74. The number of nitrogens with zero attached hydrogens (tertiary/aromatic N) is 2. The lowest BCUT2D eigenvalue weighted by molar-refractivity contribution is -0.145. The van der Waals surface area contributed by atoms with Crippen molar-refractivity contribution in [1.29, 1.82) is 0 Å². The molecule has 214 valence electrons. The molecular weight excluding hydrogens is 517 g/mol. The van der Waals surface area contributed by atoms with Gasteiger partial charge in [-0.15, -0.1) is 0 Å². The minimum Gasteiger partial charge on any atom is -0.465 e. The lowest BCUT2D eigenvalue weighted by Gasteiger charge is -2.24. The summed E-state index contributed by atoms with van der Waals surface area (Å²) in [5.41, 5.74) is 4.84. The largest absolute Gasteiger partial charge is 0.465 e. The normalized spacial score (nSPS) is 21.3. The van der Waals surface area contributed by atoms with Crippen molar-refractivity contribution >= 4 is 25.2 Å². The summed E-state index contributed by atoms with van der Waals surface area (Å²) in [7, 11) is -3.74. The smallest absolute Gasteiger partial charge is 0.351 e. The van der Waals surface area contributed by atoms with E-state index in [-0.39, 0.29) is 25.5 Å². The molecular formula is C24H40N5O8P. The topological polar surface area (TPSA) is 184 Å². The van der Waals surface area contributed by atoms with Crippen molar-refractivity contribution in [3.05, 3.63) is 34.6 Å². The molecule has 1 aliphatic rings. The zero-order valence-electron chi connectivity index (χ0n) is 22.4. The molecule has 1 aromatic heterocycles. The van der Waals surface area contributed by atoms with Crippen molar-refractivity contribution < 1.29 is 33.5 Å². The van der Waals surface area contributed by atoms with E-state index in [1.165, 1.54) is 38.0 Å². The molecule has 1 fully saturated rings. The van der Waals surface area contributed by atoms with Gasteiger partial charge in [0, 0.05) is 18.4 Å². The zero-order chi connectivity index (χ0) is 28.3. The number of ether oxygens (including phenoxy) is 3. The lowest BCUT2D eigenvalue weighted by atomic mass is 10.2. The number of aliphatic hydroxyl groups excluding tert-OH is 1. The molecule has 0 radical (unpaired) electrons. The number of aromatic nitrogens is 2. The van der Waals surface area contributed by atoms with E-state index in [1.54, 1.807) is 0 Å². The van der Waals surface area contributed by atoms with E-state index in [1.807, 2.05) is 13.8 Å². The highest BCUT2D eigenvalue weighted by Gasteiger charge is 2.36. The summed E-state index contributed by atoms with van der Waals surface area (Å²) in [4.78, 5) is 40.6. The molecule has 1 saturated heterocycles. The molecule has 13 nitrogen and oxygen atoms in total. The summed E-state index contributed by atoms with van der Waals surface area (Å²) in [6.45, 7) is 7.42. The van der Waals surface area contributed by atoms with Gasteiger partial charge in [-0.25, -0.2) is 15.0 Å². The first kappa shape index (κ1) is 31.6. The number of nitrogens with two attached hydrogens (primary N) is 1. The fourth-order valence-electron chi connectivity index (χ4n) is 3.58. The summed E-state index contributed by atoms with van der Waals surface area (Å²) >= 11 is 0. The van der Waals surface area contributed by atoms with Crippen LogP contribution in [-0.2, 0) is 28.4 Å². The third-order valence-electron chi connectivity index (χ3n) is 5.72. The average Bonchev–Trinajstić information content (AvgIpc) is 3.23. The van der Waals surface area contributed by atoms with Gasteiger partial charge in [-0.05, 0) is 38.8 Å². The van der Waals surface area contributed by atoms with Crippen molar-refractivity contribution in [1.82, 2.24) is 19.7 Å². The van der Waals surface area contributed by atoms with Crippen molar-refractivity contribution in [3.63, 3.8) is 0 Å². The Labute approximate surface area is 222 Å². The second-order valence-corrected chi connectivity index (χ2v) is 11.3. The molecule has 14 heteroatoms. The van der Waals surface area contributed by atoms with E-state index in [0.717, 1.165) is 17.4 Å². The Bertz CT molecular complexity index is 1030. The summed E-state index contributed by atoms with van der Waals surface area (Å²) in [5, 5.41) is 16.0. The van der Waals surface area contributed by atoms with Crippen molar-refractivity contribution in [3.8, 4) is 0 Å². The number of nitrogen functional groups attached to an aromatic ring is 1. The molecule has 0 amide bonds. The van der Waals surface area contributed by atoms with Crippen LogP contribution in [0.3, 0.4) is 0 Å². The molecule has 1 aliphatic heterocycles. The van der Waals surface area contributed by atoms with Gasteiger partial charge in [-0.1, -0.05) is 26.7 Å². The highest BCUT2D eigenvalue weighted by Crippen LogP contribution is 2.41. The first-order valence-electron chi connectivity index (χ1n) is 12.9. The first-order chi connectivity index (χ1) is 18.0. The number of nitrogens with one attached hydrogen (secondary N) is 2. The Hall–Kier alpha value is -2.57. The zero-order valence-corrected chi connectivity index (χ0v) is 23.3. The number of unbranched alkanes of at least 4 members (excludes halogenated alkanes) is 2. The SMILES string of the molecule is CCCCOC(=O)[C@@H](C)NP(=O)(/C=C/[C@@H]1C[C@@H](O)[C@H](n2ccc(N)nc2=O)O1)N[C@H](C)C(=O)OCCCC. The third-order valence-corrected chi connectivity index (χ3v) is 7.85. The number of hydrogen-bond donors (Lipinski definition) is 4. The maximum atomic E-state index is 13.9. The van der Waals surface area contributed by atoms with Crippen molar-refractivity contribution in [2.24, 2.45) is 0 Å². The molecule has 0 saturated carbocycles. The highest BCUT2D eigenvalue weighted by atomic mass is 31.2. The molecule has 5 N–H and O–H groups in total. The fraction of sp³-hybridized carbons (Fsp3) is 0.667. The standard InChI is InChI=1S/C24H40N5O8P/c1-5-7-12-35-22(31)16(3)27-38(34,28-17(4)23(32)36-13-8-6-2)14-10-18-15-19(30)21(37-18)29-11-9-20(25)26-24(29)33/h9-11,14,16-19,21,30H,5-8,12-13,15H2,1-4H3,(H2,25,26,33)(H2,27,28,34)/b14-10+/t16-,17-,18-,19-,21-/m1/s1. The Morgan fingerprint density at radius 1 is 1.21 bits per heavy atom. The van der Waals surface area contributed by atoms with Gasteiger partial charge in [0.25, 0.3) is 0 Å². The van der Waals surface area contributed by atoms with E-state index in [9.17, 15) is 24.1 Å². The summed E-state index contributed by atoms with van der Waals surface area (Å²) in [6.07, 6.45) is 3.22. The van der Waals surface area contributed by atoms with Crippen LogP contribution in [0, 0.1) is 0 Å². The van der Waals surface area contributed by atoms with Gasteiger partial charge in [0.05, 0.1) is 19.3 Å². The maximum absolute atomic E-state index is 13.9. The Kier molecular flexibility index (Phi) is 12.6. The quantitative estimate of drug-likeness (QED) is 0.140. The van der Waals surface area contributed by atoms with Gasteiger partial charge in [-0.3, -0.25) is 18.7 Å². The predicted octanol–water partition coefficient (Wildman–Crippen LogP) is 1.82. The number of carbonyl (C=O) groups is 2. The maximum Gasteiger partial charge on any atom is 0.351 e. The average molecular weight is 558 g/mol. The number of carbonyl (C=O) groups excluding carboxylic acids is 2. The Morgan fingerprint density at radius 3 is 2.26 bits per heavy atom. The van der Waals surface area contributed by atoms with Gasteiger partial charge in [0.1, 0.15) is 24.0 Å². The van der Waals surface area contributed by atoms with Crippen LogP contribution in [0.5, 0.6) is 0 Å². The molecule has 0 aromatic carbocycles. The van der Waals surface area contributed by atoms with Crippen LogP contribution in [0.25, 0.3) is 0 Å². The predicted molar refractivity (Wildman–Crippen MR) is 141 cm³/mol. The van der Waals surface area contributed by atoms with Gasteiger partial charge < -0.3 is 25.1 Å². The van der Waals surface area contributed by atoms with E-state index >= 15 is 0 Å². The van der Waals surface area contributed by atoms with Crippen LogP contribution in [0.4, 0.5) is 5.82 Å². The summed E-state index contributed by atoms with van der Waals surface area (Å²) in [6, 6.07) is -0.509. The molecule has 0 aliphatic carbocycles. The van der Waals surface area contributed by atoms with E-state index < -0.39 is 55.6 Å². The number of rotatable bonds is 15. The minimum absolute atomic E-state index is 0.0398. The van der Waals surface area contributed by atoms with Gasteiger partial charge >= 0.3 is 17.6 Å². The molecule has 2 rings (SSSR count). The molecule has 0 unspecified atom stereocenters. The van der Waals surface area contributed by atoms with E-state index in [2.05, 4.69) is 15.2 Å². The molecule has 0 bridgehead atoms. The molecule has 2 heterocycles. The molecule has 1 aromatic rings. The monoisotopic (exact) mass is 557 g/mol. The van der Waals surface area contributed by atoms with Crippen LogP contribution in [0.1, 0.15) is 66.0 Å². The fourth-order valence-corrected chi connectivity index (χ4v) is 5.62.